The molecule has 0 aliphatic carbocycles. The van der Waals surface area contributed by atoms with Gasteiger partial charge in [-0.3, -0.25) is 25.3 Å². The second kappa shape index (κ2) is 9.85. The topological polar surface area (TPSA) is 70.7 Å². The minimum absolute atomic E-state index is 0.149. The van der Waals surface area contributed by atoms with Crippen molar-refractivity contribution < 1.29 is 14.3 Å². The normalized spacial score (nSPS) is 16.4. The van der Waals surface area contributed by atoms with E-state index >= 15 is 0 Å². The third kappa shape index (κ3) is 6.04. The smallest absolute Gasteiger partial charge is 0.271 e. The first kappa shape index (κ1) is 19.8. The summed E-state index contributed by atoms with van der Waals surface area (Å²) in [4.78, 5) is 27.7. The summed E-state index contributed by atoms with van der Waals surface area (Å²) in [6, 6.07) is 10.7. The molecule has 1 aromatic carbocycles. The van der Waals surface area contributed by atoms with E-state index in [0.29, 0.717) is 23.7 Å². The lowest BCUT2D eigenvalue weighted by atomic mass is 10.2. The van der Waals surface area contributed by atoms with Gasteiger partial charge in [-0.25, -0.2) is 0 Å². The molecule has 1 atom stereocenters. The van der Waals surface area contributed by atoms with Crippen molar-refractivity contribution in [2.45, 2.75) is 25.5 Å². The van der Waals surface area contributed by atoms with Crippen molar-refractivity contribution in [2.24, 2.45) is 0 Å². The molecule has 1 saturated heterocycles. The van der Waals surface area contributed by atoms with E-state index in [2.05, 4.69) is 10.9 Å². The number of halogens is 1. The first-order valence-corrected chi connectivity index (χ1v) is 10.1. The van der Waals surface area contributed by atoms with E-state index < -0.39 is 5.91 Å². The molecule has 1 aromatic heterocycles. The van der Waals surface area contributed by atoms with Gasteiger partial charge >= 0.3 is 0 Å². The number of hydrogen-bond donors (Lipinski definition) is 2. The molecule has 0 spiro atoms. The molecular weight excluding hydrogens is 386 g/mol. The quantitative estimate of drug-likeness (QED) is 0.692. The summed E-state index contributed by atoms with van der Waals surface area (Å²) in [5.41, 5.74) is 5.20. The molecule has 2 heterocycles. The Morgan fingerprint density at radius 2 is 2.07 bits per heavy atom. The third-order valence-electron chi connectivity index (χ3n) is 4.25. The number of amides is 2. The lowest BCUT2D eigenvalue weighted by Gasteiger charge is -2.24. The zero-order chi connectivity index (χ0) is 19.1. The molecule has 0 radical (unpaired) electrons. The Morgan fingerprint density at radius 1 is 1.22 bits per heavy atom. The van der Waals surface area contributed by atoms with Crippen LogP contribution in [0.25, 0.3) is 0 Å². The molecule has 6 nitrogen and oxygen atoms in total. The number of rotatable bonds is 7. The van der Waals surface area contributed by atoms with Gasteiger partial charge in [-0.15, -0.1) is 11.3 Å². The maximum Gasteiger partial charge on any atom is 0.271 e. The lowest BCUT2D eigenvalue weighted by molar-refractivity contribution is -0.123. The van der Waals surface area contributed by atoms with Crippen LogP contribution in [0.1, 0.15) is 28.1 Å². The second-order valence-electron chi connectivity index (χ2n) is 6.37. The highest BCUT2D eigenvalue weighted by atomic mass is 35.5. The number of nitrogens with zero attached hydrogens (tertiary/aromatic N) is 1. The lowest BCUT2D eigenvalue weighted by Crippen LogP contribution is -2.47. The summed E-state index contributed by atoms with van der Waals surface area (Å²) in [7, 11) is 0. The average Bonchev–Trinajstić information content (AvgIpc) is 3.34. The molecule has 1 aliphatic heterocycles. The van der Waals surface area contributed by atoms with Crippen LogP contribution >= 0.6 is 22.9 Å². The van der Waals surface area contributed by atoms with Crippen LogP contribution in [0.2, 0.25) is 5.02 Å². The van der Waals surface area contributed by atoms with Gasteiger partial charge in [0.25, 0.3) is 11.8 Å². The molecule has 2 aromatic rings. The molecule has 27 heavy (non-hydrogen) atoms. The van der Waals surface area contributed by atoms with E-state index in [0.717, 1.165) is 19.4 Å². The maximum atomic E-state index is 12.3. The Balaban J connectivity index is 1.53. The van der Waals surface area contributed by atoms with Crippen molar-refractivity contribution in [1.29, 1.82) is 0 Å². The SMILES string of the molecule is O=C(CN(Cc1cccs1)CC1CCCO1)NNC(=O)c1ccccc1Cl. The highest BCUT2D eigenvalue weighted by Crippen LogP contribution is 2.17. The van der Waals surface area contributed by atoms with Gasteiger partial charge < -0.3 is 4.74 Å². The zero-order valence-electron chi connectivity index (χ0n) is 14.8. The second-order valence-corrected chi connectivity index (χ2v) is 7.81. The number of thiophene rings is 1. The third-order valence-corrected chi connectivity index (χ3v) is 5.44. The van der Waals surface area contributed by atoms with Crippen LogP contribution in [0.3, 0.4) is 0 Å². The average molecular weight is 408 g/mol. The number of hydrogen-bond acceptors (Lipinski definition) is 5. The Bertz CT molecular complexity index is 763. The number of hydrazine groups is 1. The van der Waals surface area contributed by atoms with Crippen LogP contribution in [-0.4, -0.2) is 42.5 Å². The number of nitrogens with one attached hydrogen (secondary N) is 2. The molecule has 1 fully saturated rings. The van der Waals surface area contributed by atoms with Gasteiger partial charge in [0.1, 0.15) is 0 Å². The molecule has 8 heteroatoms. The predicted molar refractivity (Wildman–Crippen MR) is 106 cm³/mol. The van der Waals surface area contributed by atoms with E-state index in [1.165, 1.54) is 4.88 Å². The van der Waals surface area contributed by atoms with Crippen molar-refractivity contribution in [1.82, 2.24) is 15.8 Å². The van der Waals surface area contributed by atoms with Crippen molar-refractivity contribution in [3.05, 3.63) is 57.2 Å². The summed E-state index contributed by atoms with van der Waals surface area (Å²) in [5.74, 6) is -0.733. The molecule has 0 saturated carbocycles. The number of carbonyl (C=O) groups excluding carboxylic acids is 2. The Morgan fingerprint density at radius 3 is 2.78 bits per heavy atom. The zero-order valence-corrected chi connectivity index (χ0v) is 16.4. The van der Waals surface area contributed by atoms with Crippen LogP contribution in [0.5, 0.6) is 0 Å². The van der Waals surface area contributed by atoms with Crippen LogP contribution in [0, 0.1) is 0 Å². The fourth-order valence-corrected chi connectivity index (χ4v) is 3.93. The summed E-state index contributed by atoms with van der Waals surface area (Å²) in [6.45, 7) is 2.30. The molecule has 144 valence electrons. The van der Waals surface area contributed by atoms with E-state index in [9.17, 15) is 9.59 Å². The van der Waals surface area contributed by atoms with Gasteiger partial charge in [-0.2, -0.15) is 0 Å². The Kier molecular flexibility index (Phi) is 7.23. The van der Waals surface area contributed by atoms with Crippen LogP contribution in [-0.2, 0) is 16.1 Å². The first-order chi connectivity index (χ1) is 13.1. The number of ether oxygens (including phenoxy) is 1. The minimum atomic E-state index is -0.446. The summed E-state index contributed by atoms with van der Waals surface area (Å²) in [6.07, 6.45) is 2.21. The number of carbonyl (C=O) groups is 2. The van der Waals surface area contributed by atoms with Gasteiger partial charge in [-0.1, -0.05) is 29.8 Å². The van der Waals surface area contributed by atoms with E-state index in [4.69, 9.17) is 16.3 Å². The summed E-state index contributed by atoms with van der Waals surface area (Å²) >= 11 is 7.65. The van der Waals surface area contributed by atoms with Gasteiger partial charge in [0.15, 0.2) is 0 Å². The molecule has 2 amide bonds. The molecule has 2 N–H and O–H groups in total. The Hall–Kier alpha value is -1.93. The van der Waals surface area contributed by atoms with Crippen molar-refractivity contribution in [3.8, 4) is 0 Å². The summed E-state index contributed by atoms with van der Waals surface area (Å²) in [5, 5.41) is 2.35. The Labute approximate surface area is 167 Å². The van der Waals surface area contributed by atoms with Gasteiger partial charge in [-0.05, 0) is 36.4 Å². The molecular formula is C19H22ClN3O3S. The van der Waals surface area contributed by atoms with Gasteiger partial charge in [0.2, 0.25) is 0 Å². The van der Waals surface area contributed by atoms with Crippen molar-refractivity contribution in [2.75, 3.05) is 19.7 Å². The van der Waals surface area contributed by atoms with E-state index in [-0.39, 0.29) is 18.6 Å². The highest BCUT2D eigenvalue weighted by Gasteiger charge is 2.21. The van der Waals surface area contributed by atoms with E-state index in [1.807, 2.05) is 22.4 Å². The van der Waals surface area contributed by atoms with Crippen LogP contribution < -0.4 is 10.9 Å². The monoisotopic (exact) mass is 407 g/mol. The molecule has 1 aliphatic rings. The van der Waals surface area contributed by atoms with Crippen LogP contribution in [0.15, 0.2) is 41.8 Å². The van der Waals surface area contributed by atoms with Crippen molar-refractivity contribution in [3.63, 3.8) is 0 Å². The van der Waals surface area contributed by atoms with Crippen molar-refractivity contribution >= 4 is 34.8 Å². The first-order valence-electron chi connectivity index (χ1n) is 8.82. The fraction of sp³-hybridized carbons (Fsp3) is 0.368. The molecule has 3 rings (SSSR count). The molecule has 1 unspecified atom stereocenters. The summed E-state index contributed by atoms with van der Waals surface area (Å²) < 4.78 is 5.70. The maximum absolute atomic E-state index is 12.3. The standard InChI is InChI=1S/C19H22ClN3O3S/c20-17-8-2-1-7-16(17)19(25)22-21-18(24)13-23(11-14-5-3-9-26-14)12-15-6-4-10-27-15/h1-2,4,6-8,10,14H,3,5,9,11-13H2,(H,21,24)(H,22,25). The van der Waals surface area contributed by atoms with Gasteiger partial charge in [0.05, 0.1) is 23.2 Å². The van der Waals surface area contributed by atoms with E-state index in [1.54, 1.807) is 35.6 Å². The fourth-order valence-electron chi connectivity index (χ4n) is 2.97. The van der Waals surface area contributed by atoms with Crippen LogP contribution in [0.4, 0.5) is 0 Å². The number of benzene rings is 1. The molecule has 0 bridgehead atoms. The largest absolute Gasteiger partial charge is 0.377 e. The highest BCUT2D eigenvalue weighted by molar-refractivity contribution is 7.09. The predicted octanol–water partition coefficient (Wildman–Crippen LogP) is 2.84. The van der Waals surface area contributed by atoms with Gasteiger partial charge in [0, 0.05) is 24.6 Å². The minimum Gasteiger partial charge on any atom is -0.377 e.